The molecule has 0 aliphatic heterocycles. The van der Waals surface area contributed by atoms with E-state index >= 15 is 0 Å². The standard InChI is InChI=1S/C25H27N7O3/c1-2-3-6-17-15-32(22-10-9-21(22)24(33)34)25(35)31(17)14-16-13-26-12-11-18(16)19-7-4-5-8-20(19)23-27-29-30-28-23/h4-5,7-8,11-13,15,21-22H,2-3,6,9-10,14H2,1H3,(H,33,34)(H,27,28,29,30). The number of carbonyl (C=O) groups is 1. The lowest BCUT2D eigenvalue weighted by molar-refractivity contribution is -0.147. The van der Waals surface area contributed by atoms with Crippen molar-refractivity contribution in [3.8, 4) is 22.5 Å². The maximum absolute atomic E-state index is 13.5. The molecule has 0 bridgehead atoms. The fraction of sp³-hybridized carbons (Fsp3) is 0.360. The Hall–Kier alpha value is -4.08. The van der Waals surface area contributed by atoms with Gasteiger partial charge >= 0.3 is 11.7 Å². The normalized spacial score (nSPS) is 17.3. The van der Waals surface area contributed by atoms with E-state index in [-0.39, 0.29) is 11.7 Å². The van der Waals surface area contributed by atoms with E-state index in [1.54, 1.807) is 21.5 Å². The molecule has 35 heavy (non-hydrogen) atoms. The summed E-state index contributed by atoms with van der Waals surface area (Å²) in [6.45, 7) is 2.44. The molecule has 0 radical (unpaired) electrons. The van der Waals surface area contributed by atoms with Crippen molar-refractivity contribution < 1.29 is 9.90 Å². The van der Waals surface area contributed by atoms with Crippen molar-refractivity contribution in [1.29, 1.82) is 0 Å². The van der Waals surface area contributed by atoms with Crippen LogP contribution >= 0.6 is 0 Å². The molecular weight excluding hydrogens is 446 g/mol. The Kier molecular flexibility index (Phi) is 6.26. The van der Waals surface area contributed by atoms with Crippen LogP contribution in [0.1, 0.15) is 49.9 Å². The topological polar surface area (TPSA) is 132 Å². The summed E-state index contributed by atoms with van der Waals surface area (Å²) >= 11 is 0. The van der Waals surface area contributed by atoms with E-state index in [0.29, 0.717) is 25.2 Å². The average molecular weight is 474 g/mol. The monoisotopic (exact) mass is 473 g/mol. The number of rotatable bonds is 9. The Bertz CT molecular complexity index is 1390. The minimum Gasteiger partial charge on any atom is -0.481 e. The van der Waals surface area contributed by atoms with Crippen LogP contribution in [0.2, 0.25) is 0 Å². The van der Waals surface area contributed by atoms with Crippen molar-refractivity contribution >= 4 is 5.97 Å². The summed E-state index contributed by atoms with van der Waals surface area (Å²) in [5.41, 5.74) is 4.28. The van der Waals surface area contributed by atoms with E-state index in [0.717, 1.165) is 47.2 Å². The first kappa shape index (κ1) is 22.7. The first-order valence-corrected chi connectivity index (χ1v) is 11.9. The predicted molar refractivity (Wildman–Crippen MR) is 129 cm³/mol. The molecule has 3 aromatic heterocycles. The highest BCUT2D eigenvalue weighted by atomic mass is 16.4. The summed E-state index contributed by atoms with van der Waals surface area (Å²) < 4.78 is 3.40. The number of unbranched alkanes of at least 4 members (excludes halogenated alkanes) is 1. The van der Waals surface area contributed by atoms with Gasteiger partial charge in [-0.15, -0.1) is 10.2 Å². The second-order valence-corrected chi connectivity index (χ2v) is 8.90. The molecule has 0 spiro atoms. The molecule has 4 aromatic rings. The molecule has 2 unspecified atom stereocenters. The fourth-order valence-electron chi connectivity index (χ4n) is 4.79. The third kappa shape index (κ3) is 4.27. The van der Waals surface area contributed by atoms with Gasteiger partial charge in [-0.25, -0.2) is 4.79 Å². The zero-order chi connectivity index (χ0) is 24.4. The van der Waals surface area contributed by atoms with Gasteiger partial charge in [-0.2, -0.15) is 5.21 Å². The first-order valence-electron chi connectivity index (χ1n) is 11.9. The van der Waals surface area contributed by atoms with Gasteiger partial charge in [0.05, 0.1) is 18.5 Å². The number of tetrazole rings is 1. The van der Waals surface area contributed by atoms with Crippen LogP contribution in [0.15, 0.2) is 53.7 Å². The number of aryl methyl sites for hydroxylation is 1. The van der Waals surface area contributed by atoms with Crippen LogP contribution in [0.25, 0.3) is 22.5 Å². The summed E-state index contributed by atoms with van der Waals surface area (Å²) in [5, 5.41) is 24.0. The van der Waals surface area contributed by atoms with E-state index in [4.69, 9.17) is 0 Å². The molecule has 1 saturated carbocycles. The van der Waals surface area contributed by atoms with Gasteiger partial charge in [-0.1, -0.05) is 37.6 Å². The number of aromatic amines is 1. The molecule has 1 fully saturated rings. The van der Waals surface area contributed by atoms with Crippen molar-refractivity contribution in [3.63, 3.8) is 0 Å². The third-order valence-corrected chi connectivity index (χ3v) is 6.82. The van der Waals surface area contributed by atoms with E-state index in [2.05, 4.69) is 32.5 Å². The summed E-state index contributed by atoms with van der Waals surface area (Å²) in [7, 11) is 0. The van der Waals surface area contributed by atoms with E-state index < -0.39 is 11.9 Å². The Balaban J connectivity index is 1.56. The largest absolute Gasteiger partial charge is 0.481 e. The molecule has 2 N–H and O–H groups in total. The number of nitrogens with zero attached hydrogens (tertiary/aromatic N) is 6. The number of benzene rings is 1. The first-order chi connectivity index (χ1) is 17.1. The number of hydrogen-bond acceptors (Lipinski definition) is 6. The number of aromatic nitrogens is 7. The van der Waals surface area contributed by atoms with Crippen LogP contribution in [0.4, 0.5) is 0 Å². The number of pyridine rings is 1. The average Bonchev–Trinajstić information content (AvgIpc) is 3.47. The van der Waals surface area contributed by atoms with Crippen LogP contribution in [0.5, 0.6) is 0 Å². The van der Waals surface area contributed by atoms with Gasteiger partial charge < -0.3 is 5.11 Å². The fourth-order valence-corrected chi connectivity index (χ4v) is 4.79. The summed E-state index contributed by atoms with van der Waals surface area (Å²) in [6, 6.07) is 9.41. The number of H-pyrrole nitrogens is 1. The maximum Gasteiger partial charge on any atom is 0.328 e. The Morgan fingerprint density at radius 2 is 2.00 bits per heavy atom. The second-order valence-electron chi connectivity index (χ2n) is 8.90. The van der Waals surface area contributed by atoms with E-state index in [1.165, 1.54) is 0 Å². The molecular formula is C25H27N7O3. The molecule has 0 saturated heterocycles. The summed E-state index contributed by atoms with van der Waals surface area (Å²) in [5.74, 6) is -0.873. The smallest absolute Gasteiger partial charge is 0.328 e. The van der Waals surface area contributed by atoms with Crippen molar-refractivity contribution in [2.75, 3.05) is 0 Å². The summed E-state index contributed by atoms with van der Waals surface area (Å²) in [6.07, 6.45) is 9.35. The zero-order valence-electron chi connectivity index (χ0n) is 19.5. The summed E-state index contributed by atoms with van der Waals surface area (Å²) in [4.78, 5) is 29.5. The van der Waals surface area contributed by atoms with E-state index in [1.807, 2.05) is 36.5 Å². The SMILES string of the molecule is CCCCc1cn(C2CCC2C(=O)O)c(=O)n1Cc1cnccc1-c1ccccc1-c1nn[nH]n1. The molecule has 5 rings (SSSR count). The molecule has 3 heterocycles. The number of hydrogen-bond donors (Lipinski definition) is 2. The number of aliphatic carboxylic acids is 1. The van der Waals surface area contributed by atoms with Gasteiger partial charge in [0.1, 0.15) is 0 Å². The highest BCUT2D eigenvalue weighted by Gasteiger charge is 2.39. The molecule has 0 amide bonds. The number of carboxylic acid groups (broad SMARTS) is 1. The van der Waals surface area contributed by atoms with Crippen molar-refractivity contribution in [2.45, 2.75) is 51.6 Å². The zero-order valence-corrected chi connectivity index (χ0v) is 19.5. The molecule has 1 aliphatic carbocycles. The lowest BCUT2D eigenvalue weighted by atomic mass is 9.79. The van der Waals surface area contributed by atoms with Gasteiger partial charge in [-0.05, 0) is 53.7 Å². The maximum atomic E-state index is 13.5. The Labute approximate surface area is 201 Å². The third-order valence-electron chi connectivity index (χ3n) is 6.82. The van der Waals surface area contributed by atoms with Crippen LogP contribution < -0.4 is 5.69 Å². The Morgan fingerprint density at radius 3 is 2.69 bits per heavy atom. The van der Waals surface area contributed by atoms with Crippen LogP contribution in [-0.2, 0) is 17.8 Å². The molecule has 180 valence electrons. The van der Waals surface area contributed by atoms with Crippen LogP contribution in [0.3, 0.4) is 0 Å². The van der Waals surface area contributed by atoms with E-state index in [9.17, 15) is 14.7 Å². The lowest BCUT2D eigenvalue weighted by Crippen LogP contribution is -2.40. The van der Waals surface area contributed by atoms with Gasteiger partial charge in [0.25, 0.3) is 0 Å². The van der Waals surface area contributed by atoms with Gasteiger partial charge in [0.15, 0.2) is 0 Å². The van der Waals surface area contributed by atoms with Gasteiger partial charge in [0.2, 0.25) is 5.82 Å². The molecule has 10 nitrogen and oxygen atoms in total. The van der Waals surface area contributed by atoms with Crippen molar-refractivity contribution in [1.82, 2.24) is 34.7 Å². The number of imidazole rings is 1. The minimum atomic E-state index is -0.844. The van der Waals surface area contributed by atoms with Crippen molar-refractivity contribution in [3.05, 3.63) is 70.7 Å². The van der Waals surface area contributed by atoms with Crippen LogP contribution in [-0.4, -0.2) is 45.8 Å². The van der Waals surface area contributed by atoms with Gasteiger partial charge in [0, 0.05) is 29.8 Å². The molecule has 1 aliphatic rings. The number of carboxylic acids is 1. The minimum absolute atomic E-state index is 0.173. The Morgan fingerprint density at radius 1 is 1.17 bits per heavy atom. The molecule has 2 atom stereocenters. The number of nitrogens with one attached hydrogen (secondary N) is 1. The van der Waals surface area contributed by atoms with Gasteiger partial charge in [-0.3, -0.25) is 18.9 Å². The second kappa shape index (κ2) is 9.65. The lowest BCUT2D eigenvalue weighted by Gasteiger charge is -2.33. The predicted octanol–water partition coefficient (Wildman–Crippen LogP) is 3.32. The molecule has 10 heteroatoms. The quantitative estimate of drug-likeness (QED) is 0.381. The molecule has 1 aromatic carbocycles. The highest BCUT2D eigenvalue weighted by molar-refractivity contribution is 5.81. The highest BCUT2D eigenvalue weighted by Crippen LogP contribution is 2.38. The van der Waals surface area contributed by atoms with Crippen LogP contribution in [0, 0.1) is 5.92 Å². The van der Waals surface area contributed by atoms with Crippen molar-refractivity contribution in [2.24, 2.45) is 5.92 Å².